The van der Waals surface area contributed by atoms with Gasteiger partial charge in [-0.25, -0.2) is 13.1 Å². The summed E-state index contributed by atoms with van der Waals surface area (Å²) in [5.74, 6) is -0.397. The number of rotatable bonds is 10. The van der Waals surface area contributed by atoms with Gasteiger partial charge in [0.05, 0.1) is 46.9 Å². The Balaban J connectivity index is 2.18. The molecule has 0 heterocycles. The molecule has 166 valence electrons. The third-order valence-corrected chi connectivity index (χ3v) is 5.73. The summed E-state index contributed by atoms with van der Waals surface area (Å²) >= 11 is 12.0. The van der Waals surface area contributed by atoms with E-state index in [-0.39, 0.29) is 42.1 Å². The Morgan fingerprint density at radius 1 is 1.07 bits per heavy atom. The van der Waals surface area contributed by atoms with Crippen LogP contribution < -0.4 is 10.0 Å². The van der Waals surface area contributed by atoms with Crippen molar-refractivity contribution in [1.29, 1.82) is 0 Å². The normalized spacial score (nSPS) is 12.2. The number of hydrogen-bond acceptors (Lipinski definition) is 5. The van der Waals surface area contributed by atoms with E-state index in [2.05, 4.69) is 10.0 Å². The maximum atomic E-state index is 12.9. The first-order valence-corrected chi connectivity index (χ1v) is 11.0. The van der Waals surface area contributed by atoms with Crippen LogP contribution in [0.15, 0.2) is 36.4 Å². The molecule has 0 aliphatic carbocycles. The lowest BCUT2D eigenvalue weighted by atomic mass is 10.1. The molecule has 2 aromatic rings. The summed E-state index contributed by atoms with van der Waals surface area (Å²) in [6.45, 7) is 0.0505. The van der Waals surface area contributed by atoms with E-state index in [0.29, 0.717) is 11.3 Å². The fourth-order valence-corrected chi connectivity index (χ4v) is 4.19. The molecule has 0 spiro atoms. The van der Waals surface area contributed by atoms with E-state index in [4.69, 9.17) is 33.0 Å². The molecule has 12 heteroatoms. The van der Waals surface area contributed by atoms with Gasteiger partial charge in [0.25, 0.3) is 0 Å². The Bertz CT molecular complexity index is 949. The SMILES string of the molecule is O=S(=O)(Cc1ccccc1Nc1c(Cl)cc(C(F)(F)F)cc1Cl)NCCOCCO. The number of hydrogen-bond donors (Lipinski definition) is 3. The van der Waals surface area contributed by atoms with E-state index >= 15 is 0 Å². The molecule has 0 saturated heterocycles. The number of halogens is 5. The highest BCUT2D eigenvalue weighted by atomic mass is 35.5. The van der Waals surface area contributed by atoms with E-state index in [1.54, 1.807) is 24.3 Å². The van der Waals surface area contributed by atoms with Gasteiger partial charge in [0.15, 0.2) is 0 Å². The minimum atomic E-state index is -4.61. The molecular weight excluding hydrogens is 468 g/mol. The summed E-state index contributed by atoms with van der Waals surface area (Å²) in [6, 6.07) is 7.83. The standard InChI is InChI=1S/C18H19Cl2F3N2O4S/c19-14-9-13(18(21,22)23)10-15(20)17(14)25-16-4-2-1-3-12(16)11-30(27,28)24-5-7-29-8-6-26/h1-4,9-10,24-26H,5-8,11H2. The first-order chi connectivity index (χ1) is 14.0. The molecule has 30 heavy (non-hydrogen) atoms. The van der Waals surface area contributed by atoms with Gasteiger partial charge in [0, 0.05) is 12.2 Å². The first-order valence-electron chi connectivity index (χ1n) is 8.60. The van der Waals surface area contributed by atoms with Crippen molar-refractivity contribution < 1.29 is 31.4 Å². The van der Waals surface area contributed by atoms with Crippen molar-refractivity contribution in [3.8, 4) is 0 Å². The lowest BCUT2D eigenvalue weighted by Gasteiger charge is -2.16. The molecule has 3 N–H and O–H groups in total. The van der Waals surface area contributed by atoms with Crippen molar-refractivity contribution in [2.75, 3.05) is 31.7 Å². The monoisotopic (exact) mass is 486 g/mol. The van der Waals surface area contributed by atoms with Crippen molar-refractivity contribution >= 4 is 44.6 Å². The van der Waals surface area contributed by atoms with Crippen LogP contribution in [-0.4, -0.2) is 39.9 Å². The van der Waals surface area contributed by atoms with Crippen LogP contribution in [0.1, 0.15) is 11.1 Å². The quantitative estimate of drug-likeness (QED) is 0.438. The highest BCUT2D eigenvalue weighted by molar-refractivity contribution is 7.88. The number of benzene rings is 2. The van der Waals surface area contributed by atoms with Crippen LogP contribution in [-0.2, 0) is 26.7 Å². The van der Waals surface area contributed by atoms with Crippen molar-refractivity contribution in [3.63, 3.8) is 0 Å². The fourth-order valence-electron chi connectivity index (χ4n) is 2.45. The molecule has 0 bridgehead atoms. The Morgan fingerprint density at radius 3 is 2.30 bits per heavy atom. The summed E-state index contributed by atoms with van der Waals surface area (Å²) in [7, 11) is -3.73. The highest BCUT2D eigenvalue weighted by Gasteiger charge is 2.32. The number of nitrogens with one attached hydrogen (secondary N) is 2. The van der Waals surface area contributed by atoms with Gasteiger partial charge in [0.1, 0.15) is 0 Å². The Labute approximate surface area is 182 Å². The largest absolute Gasteiger partial charge is 0.416 e. The van der Waals surface area contributed by atoms with Crippen LogP contribution in [0.4, 0.5) is 24.5 Å². The molecule has 0 unspecified atom stereocenters. The molecule has 0 atom stereocenters. The fraction of sp³-hybridized carbons (Fsp3) is 0.333. The summed E-state index contributed by atoms with van der Waals surface area (Å²) in [4.78, 5) is 0. The molecule has 0 fully saturated rings. The predicted octanol–water partition coefficient (Wildman–Crippen LogP) is 4.18. The third-order valence-electron chi connectivity index (χ3n) is 3.80. The number of aliphatic hydroxyl groups excluding tert-OH is 1. The van der Waals surface area contributed by atoms with Gasteiger partial charge in [-0.05, 0) is 23.8 Å². The molecule has 0 amide bonds. The first kappa shape index (κ1) is 24.7. The number of aliphatic hydroxyl groups is 1. The molecule has 0 aliphatic heterocycles. The minimum absolute atomic E-state index is 0.0223. The van der Waals surface area contributed by atoms with Crippen LogP contribution in [0.2, 0.25) is 10.0 Å². The number of alkyl halides is 3. The lowest BCUT2D eigenvalue weighted by Crippen LogP contribution is -2.29. The van der Waals surface area contributed by atoms with Crippen LogP contribution in [0, 0.1) is 0 Å². The topological polar surface area (TPSA) is 87.7 Å². The zero-order valence-corrected chi connectivity index (χ0v) is 17.8. The number of sulfonamides is 1. The van der Waals surface area contributed by atoms with E-state index < -0.39 is 27.5 Å². The van der Waals surface area contributed by atoms with E-state index in [1.807, 2.05) is 0 Å². The van der Waals surface area contributed by atoms with Crippen molar-refractivity contribution in [1.82, 2.24) is 4.72 Å². The Morgan fingerprint density at radius 2 is 1.70 bits per heavy atom. The highest BCUT2D eigenvalue weighted by Crippen LogP contribution is 2.40. The second-order valence-electron chi connectivity index (χ2n) is 6.08. The summed E-state index contributed by atoms with van der Waals surface area (Å²) < 4.78 is 70.7. The lowest BCUT2D eigenvalue weighted by molar-refractivity contribution is -0.137. The van der Waals surface area contributed by atoms with Crippen molar-refractivity contribution in [3.05, 3.63) is 57.6 Å². The van der Waals surface area contributed by atoms with Crippen LogP contribution in [0.25, 0.3) is 0 Å². The van der Waals surface area contributed by atoms with Gasteiger partial charge in [-0.3, -0.25) is 0 Å². The smallest absolute Gasteiger partial charge is 0.394 e. The molecular formula is C18H19Cl2F3N2O4S. The summed E-state index contributed by atoms with van der Waals surface area (Å²) in [5.41, 5.74) is -0.288. The van der Waals surface area contributed by atoms with E-state index in [0.717, 1.165) is 12.1 Å². The van der Waals surface area contributed by atoms with Crippen molar-refractivity contribution in [2.45, 2.75) is 11.9 Å². The van der Waals surface area contributed by atoms with Gasteiger partial charge in [-0.2, -0.15) is 13.2 Å². The molecule has 0 aromatic heterocycles. The van der Waals surface area contributed by atoms with Gasteiger partial charge in [0.2, 0.25) is 10.0 Å². The average molecular weight is 487 g/mol. The maximum absolute atomic E-state index is 12.9. The number of ether oxygens (including phenoxy) is 1. The van der Waals surface area contributed by atoms with E-state index in [9.17, 15) is 21.6 Å². The zero-order valence-electron chi connectivity index (χ0n) is 15.5. The third kappa shape index (κ3) is 7.29. The van der Waals surface area contributed by atoms with Gasteiger partial charge >= 0.3 is 6.18 Å². The zero-order chi connectivity index (χ0) is 22.4. The maximum Gasteiger partial charge on any atom is 0.416 e. The molecule has 0 aliphatic rings. The van der Waals surface area contributed by atoms with E-state index in [1.165, 1.54) is 0 Å². The molecule has 0 saturated carbocycles. The number of para-hydroxylation sites is 1. The van der Waals surface area contributed by atoms with Gasteiger partial charge in [-0.1, -0.05) is 41.4 Å². The van der Waals surface area contributed by atoms with Crippen LogP contribution in [0.5, 0.6) is 0 Å². The minimum Gasteiger partial charge on any atom is -0.394 e. The molecule has 2 aromatic carbocycles. The van der Waals surface area contributed by atoms with Crippen molar-refractivity contribution in [2.24, 2.45) is 0 Å². The van der Waals surface area contributed by atoms with Crippen LogP contribution >= 0.6 is 23.2 Å². The predicted molar refractivity (Wildman–Crippen MR) is 110 cm³/mol. The Kier molecular flexibility index (Phi) is 8.77. The Hall–Kier alpha value is -1.56. The summed E-state index contributed by atoms with van der Waals surface area (Å²) in [6.07, 6.45) is -4.61. The van der Waals surface area contributed by atoms with Gasteiger partial charge < -0.3 is 15.2 Å². The second kappa shape index (κ2) is 10.7. The van der Waals surface area contributed by atoms with Crippen LogP contribution in [0.3, 0.4) is 0 Å². The molecule has 2 rings (SSSR count). The molecule has 6 nitrogen and oxygen atoms in total. The second-order valence-corrected chi connectivity index (χ2v) is 8.71. The number of anilines is 2. The van der Waals surface area contributed by atoms with Gasteiger partial charge in [-0.15, -0.1) is 0 Å². The average Bonchev–Trinajstić information content (AvgIpc) is 2.64. The summed E-state index contributed by atoms with van der Waals surface area (Å²) in [5, 5.41) is 10.9. The molecule has 0 radical (unpaired) electrons.